The molecule has 1 spiro atoms. The Balaban J connectivity index is 1.74. The lowest BCUT2D eigenvalue weighted by Gasteiger charge is -2.44. The van der Waals surface area contributed by atoms with Crippen LogP contribution in [0.1, 0.15) is 42.9 Å². The van der Waals surface area contributed by atoms with Crippen molar-refractivity contribution in [2.45, 2.75) is 44.3 Å². The average molecular weight is 327 g/mol. The summed E-state index contributed by atoms with van der Waals surface area (Å²) in [4.78, 5) is 0. The second-order valence-electron chi connectivity index (χ2n) is 6.35. The highest BCUT2D eigenvalue weighted by molar-refractivity contribution is 7.99. The molecular formula is C17H23ClO2S. The van der Waals surface area contributed by atoms with Crippen molar-refractivity contribution >= 4 is 23.4 Å². The minimum Gasteiger partial charge on any atom is -0.388 e. The molecule has 2 unspecified atom stereocenters. The second-order valence-corrected chi connectivity index (χ2v) is 7.98. The quantitative estimate of drug-likeness (QED) is 0.874. The first-order valence-electron chi connectivity index (χ1n) is 7.75. The predicted octanol–water partition coefficient (Wildman–Crippen LogP) is 4.37. The molecule has 0 aromatic heterocycles. The number of aliphatic hydroxyl groups is 1. The normalized spacial score (nSPS) is 26.7. The number of thioether (sulfide) groups is 1. The molecule has 2 atom stereocenters. The Bertz CT molecular complexity index is 494. The van der Waals surface area contributed by atoms with Gasteiger partial charge in [0.2, 0.25) is 0 Å². The van der Waals surface area contributed by atoms with Crippen LogP contribution in [-0.2, 0) is 4.74 Å². The van der Waals surface area contributed by atoms with Gasteiger partial charge in [-0.2, -0.15) is 11.8 Å². The van der Waals surface area contributed by atoms with Gasteiger partial charge in [-0.25, -0.2) is 0 Å². The third-order valence-electron chi connectivity index (χ3n) is 4.91. The number of hydrogen-bond acceptors (Lipinski definition) is 3. The first-order valence-corrected chi connectivity index (χ1v) is 9.29. The summed E-state index contributed by atoms with van der Waals surface area (Å²) in [7, 11) is 0. The standard InChI is InChI=1S/C17H23ClO2S/c1-12-10-13(2-3-15(12)18)16(19)14-4-7-20-17(11-14)5-8-21-9-6-17/h2-3,10,14,16,19H,4-9,11H2,1H3. The fourth-order valence-electron chi connectivity index (χ4n) is 3.55. The van der Waals surface area contributed by atoms with Crippen LogP contribution >= 0.6 is 23.4 Å². The molecule has 2 heterocycles. The van der Waals surface area contributed by atoms with Gasteiger partial charge >= 0.3 is 0 Å². The van der Waals surface area contributed by atoms with Crippen molar-refractivity contribution in [3.05, 3.63) is 34.3 Å². The van der Waals surface area contributed by atoms with Crippen LogP contribution in [0.2, 0.25) is 5.02 Å². The molecule has 2 nitrogen and oxygen atoms in total. The van der Waals surface area contributed by atoms with E-state index < -0.39 is 6.10 Å². The van der Waals surface area contributed by atoms with Gasteiger partial charge in [-0.1, -0.05) is 23.7 Å². The average Bonchev–Trinajstić information content (AvgIpc) is 2.50. The van der Waals surface area contributed by atoms with Crippen LogP contribution < -0.4 is 0 Å². The molecule has 116 valence electrons. The Kier molecular flexibility index (Phi) is 4.84. The van der Waals surface area contributed by atoms with E-state index in [1.165, 1.54) is 11.5 Å². The van der Waals surface area contributed by atoms with Gasteiger partial charge in [-0.15, -0.1) is 0 Å². The number of hydrogen-bond donors (Lipinski definition) is 1. The molecular weight excluding hydrogens is 304 g/mol. The molecule has 0 bridgehead atoms. The molecule has 1 aromatic rings. The predicted molar refractivity (Wildman–Crippen MR) is 89.1 cm³/mol. The number of benzene rings is 1. The third kappa shape index (κ3) is 3.42. The summed E-state index contributed by atoms with van der Waals surface area (Å²) in [5.41, 5.74) is 2.05. The molecule has 21 heavy (non-hydrogen) atoms. The molecule has 2 fully saturated rings. The van der Waals surface area contributed by atoms with E-state index in [4.69, 9.17) is 16.3 Å². The molecule has 1 N–H and O–H groups in total. The van der Waals surface area contributed by atoms with Gasteiger partial charge in [0.15, 0.2) is 0 Å². The Morgan fingerprint density at radius 1 is 1.38 bits per heavy atom. The third-order valence-corrected chi connectivity index (χ3v) is 6.31. The van der Waals surface area contributed by atoms with E-state index in [0.29, 0.717) is 5.92 Å². The van der Waals surface area contributed by atoms with Gasteiger partial charge in [0.1, 0.15) is 0 Å². The highest BCUT2D eigenvalue weighted by Crippen LogP contribution is 2.43. The summed E-state index contributed by atoms with van der Waals surface area (Å²) in [6.07, 6.45) is 3.77. The first-order chi connectivity index (χ1) is 10.1. The van der Waals surface area contributed by atoms with Crippen molar-refractivity contribution in [2.24, 2.45) is 5.92 Å². The van der Waals surface area contributed by atoms with Gasteiger partial charge in [0, 0.05) is 11.6 Å². The lowest BCUT2D eigenvalue weighted by Crippen LogP contribution is -2.44. The van der Waals surface area contributed by atoms with E-state index in [1.54, 1.807) is 0 Å². The van der Waals surface area contributed by atoms with E-state index in [0.717, 1.165) is 48.4 Å². The van der Waals surface area contributed by atoms with E-state index in [-0.39, 0.29) is 5.60 Å². The molecule has 2 aliphatic rings. The van der Waals surface area contributed by atoms with Crippen LogP contribution in [0, 0.1) is 12.8 Å². The van der Waals surface area contributed by atoms with Gasteiger partial charge in [0.25, 0.3) is 0 Å². The maximum Gasteiger partial charge on any atom is 0.0820 e. The molecule has 1 aromatic carbocycles. The van der Waals surface area contributed by atoms with E-state index in [1.807, 2.05) is 36.9 Å². The summed E-state index contributed by atoms with van der Waals surface area (Å²) in [6.45, 7) is 2.77. The molecule has 0 aliphatic carbocycles. The lowest BCUT2D eigenvalue weighted by molar-refractivity contribution is -0.121. The monoisotopic (exact) mass is 326 g/mol. The zero-order chi connectivity index (χ0) is 14.9. The maximum atomic E-state index is 10.8. The molecule has 0 radical (unpaired) electrons. The largest absolute Gasteiger partial charge is 0.388 e. The Hall–Kier alpha value is -0.220. The summed E-state index contributed by atoms with van der Waals surface area (Å²) in [5.74, 6) is 2.66. The lowest BCUT2D eigenvalue weighted by atomic mass is 9.78. The van der Waals surface area contributed by atoms with Crippen LogP contribution in [0.25, 0.3) is 0 Å². The number of aliphatic hydroxyl groups excluding tert-OH is 1. The Labute approximate surface area is 136 Å². The van der Waals surface area contributed by atoms with Crippen molar-refractivity contribution in [3.63, 3.8) is 0 Å². The first kappa shape index (κ1) is 15.7. The zero-order valence-corrected chi connectivity index (χ0v) is 14.1. The minimum absolute atomic E-state index is 0.0244. The zero-order valence-electron chi connectivity index (χ0n) is 12.5. The van der Waals surface area contributed by atoms with Crippen LogP contribution in [0.5, 0.6) is 0 Å². The van der Waals surface area contributed by atoms with Gasteiger partial charge < -0.3 is 9.84 Å². The van der Waals surface area contributed by atoms with Gasteiger partial charge in [-0.05, 0) is 67.2 Å². The molecule has 2 aliphatic heterocycles. The summed E-state index contributed by atoms with van der Waals surface area (Å²) >= 11 is 8.10. The van der Waals surface area contributed by atoms with E-state index >= 15 is 0 Å². The maximum absolute atomic E-state index is 10.8. The highest BCUT2D eigenvalue weighted by Gasteiger charge is 2.41. The topological polar surface area (TPSA) is 29.5 Å². The molecule has 3 rings (SSSR count). The Morgan fingerprint density at radius 3 is 2.86 bits per heavy atom. The Morgan fingerprint density at radius 2 is 2.14 bits per heavy atom. The smallest absolute Gasteiger partial charge is 0.0820 e. The van der Waals surface area contributed by atoms with Crippen LogP contribution in [0.15, 0.2) is 18.2 Å². The fourth-order valence-corrected chi connectivity index (χ4v) is 4.91. The van der Waals surface area contributed by atoms with E-state index in [9.17, 15) is 5.11 Å². The number of aryl methyl sites for hydroxylation is 1. The van der Waals surface area contributed by atoms with Crippen molar-refractivity contribution in [1.29, 1.82) is 0 Å². The van der Waals surface area contributed by atoms with Gasteiger partial charge in [0.05, 0.1) is 11.7 Å². The number of rotatable bonds is 2. The van der Waals surface area contributed by atoms with Gasteiger partial charge in [-0.3, -0.25) is 0 Å². The van der Waals surface area contributed by atoms with E-state index in [2.05, 4.69) is 0 Å². The van der Waals surface area contributed by atoms with Crippen molar-refractivity contribution in [1.82, 2.24) is 0 Å². The summed E-state index contributed by atoms with van der Waals surface area (Å²) in [5, 5.41) is 11.5. The van der Waals surface area contributed by atoms with Crippen molar-refractivity contribution in [2.75, 3.05) is 18.1 Å². The fraction of sp³-hybridized carbons (Fsp3) is 0.647. The number of ether oxygens (including phenoxy) is 1. The SMILES string of the molecule is Cc1cc(C(O)C2CCOC3(CCSCC3)C2)ccc1Cl. The van der Waals surface area contributed by atoms with Crippen LogP contribution in [0.3, 0.4) is 0 Å². The number of halogens is 1. The summed E-state index contributed by atoms with van der Waals surface area (Å²) < 4.78 is 6.12. The molecule has 0 saturated carbocycles. The van der Waals surface area contributed by atoms with Crippen molar-refractivity contribution in [3.8, 4) is 0 Å². The molecule has 4 heteroatoms. The van der Waals surface area contributed by atoms with Crippen LogP contribution in [0.4, 0.5) is 0 Å². The van der Waals surface area contributed by atoms with Crippen LogP contribution in [-0.4, -0.2) is 28.8 Å². The second kappa shape index (κ2) is 6.49. The molecule has 2 saturated heterocycles. The molecule has 0 amide bonds. The minimum atomic E-state index is -0.406. The highest BCUT2D eigenvalue weighted by atomic mass is 35.5. The van der Waals surface area contributed by atoms with Crippen molar-refractivity contribution < 1.29 is 9.84 Å². The summed E-state index contributed by atoms with van der Waals surface area (Å²) in [6, 6.07) is 5.87.